The molecule has 3 heterocycles. The van der Waals surface area contributed by atoms with Gasteiger partial charge in [-0.3, -0.25) is 4.52 Å². The number of hydrogen-bond donors (Lipinski definition) is 2. The first-order chi connectivity index (χ1) is 14.1. The van der Waals surface area contributed by atoms with Crippen molar-refractivity contribution in [1.29, 1.82) is 0 Å². The summed E-state index contributed by atoms with van der Waals surface area (Å²) in [5.41, 5.74) is 7.56. The van der Waals surface area contributed by atoms with Crippen LogP contribution in [-0.2, 0) is 13.8 Å². The highest BCUT2D eigenvalue weighted by molar-refractivity contribution is 7.52. The molecule has 10 heteroatoms. The maximum absolute atomic E-state index is 13.0. The molecule has 3 N–H and O–H groups in total. The van der Waals surface area contributed by atoms with E-state index in [4.69, 9.17) is 19.5 Å². The molecule has 2 aromatic heterocycles. The van der Waals surface area contributed by atoms with E-state index in [1.807, 2.05) is 37.3 Å². The maximum atomic E-state index is 13.0. The van der Waals surface area contributed by atoms with Gasteiger partial charge in [0.05, 0.1) is 18.4 Å². The fourth-order valence-corrected chi connectivity index (χ4v) is 4.72. The summed E-state index contributed by atoms with van der Waals surface area (Å²) in [6, 6.07) is 12.8. The molecule has 0 aliphatic carbocycles. The van der Waals surface area contributed by atoms with Crippen LogP contribution in [0.15, 0.2) is 48.8 Å². The SMILES string of the molecule is CCNP(=O)(OCC1CCC(c2ccc3c(N)ncnn23)O1)Oc1ccccc1. The molecule has 4 rings (SSSR count). The molecule has 29 heavy (non-hydrogen) atoms. The Hall–Kier alpha value is -2.45. The number of ether oxygens (including phenoxy) is 1. The first-order valence-corrected chi connectivity index (χ1v) is 11.1. The normalized spacial score (nSPS) is 21.3. The van der Waals surface area contributed by atoms with E-state index in [2.05, 4.69) is 15.2 Å². The summed E-state index contributed by atoms with van der Waals surface area (Å²) in [5.74, 6) is 0.910. The van der Waals surface area contributed by atoms with Gasteiger partial charge in [0.15, 0.2) is 5.82 Å². The third-order valence-corrected chi connectivity index (χ3v) is 6.34. The van der Waals surface area contributed by atoms with Gasteiger partial charge in [-0.05, 0) is 37.1 Å². The molecule has 3 unspecified atom stereocenters. The molecule has 1 aromatic carbocycles. The van der Waals surface area contributed by atoms with E-state index in [-0.39, 0.29) is 18.8 Å². The summed E-state index contributed by atoms with van der Waals surface area (Å²) in [5, 5.41) is 7.09. The Morgan fingerprint density at radius 2 is 2.10 bits per heavy atom. The van der Waals surface area contributed by atoms with Gasteiger partial charge in [0.1, 0.15) is 23.7 Å². The lowest BCUT2D eigenvalue weighted by Crippen LogP contribution is -2.21. The Kier molecular flexibility index (Phi) is 5.82. The number of nitrogen functional groups attached to an aromatic ring is 1. The molecule has 0 bridgehead atoms. The van der Waals surface area contributed by atoms with Gasteiger partial charge in [-0.1, -0.05) is 25.1 Å². The molecule has 0 saturated carbocycles. The van der Waals surface area contributed by atoms with Gasteiger partial charge in [0, 0.05) is 6.54 Å². The predicted octanol–water partition coefficient (Wildman–Crippen LogP) is 3.34. The standard InChI is InChI=1S/C19H24N5O4P/c1-2-23-29(25,28-14-6-4-3-5-7-14)26-12-15-8-11-18(27-15)16-9-10-17-19(20)21-13-22-24(16)17/h3-7,9-10,13,15,18H,2,8,11-12H2,1H3,(H,23,25)(H2,20,21,22). The quantitative estimate of drug-likeness (QED) is 0.537. The van der Waals surface area contributed by atoms with E-state index >= 15 is 0 Å². The lowest BCUT2D eigenvalue weighted by molar-refractivity contribution is 0.0121. The van der Waals surface area contributed by atoms with Crippen molar-refractivity contribution in [3.8, 4) is 5.75 Å². The van der Waals surface area contributed by atoms with Crippen molar-refractivity contribution in [2.24, 2.45) is 0 Å². The monoisotopic (exact) mass is 417 g/mol. The summed E-state index contributed by atoms with van der Waals surface area (Å²) in [7, 11) is -3.49. The molecular weight excluding hydrogens is 393 g/mol. The highest BCUT2D eigenvalue weighted by Crippen LogP contribution is 2.45. The van der Waals surface area contributed by atoms with E-state index in [1.54, 1.807) is 16.6 Å². The van der Waals surface area contributed by atoms with Crippen molar-refractivity contribution < 1.29 is 18.3 Å². The Bertz CT molecular complexity index is 1010. The molecule has 0 spiro atoms. The van der Waals surface area contributed by atoms with Gasteiger partial charge in [-0.25, -0.2) is 19.2 Å². The van der Waals surface area contributed by atoms with Gasteiger partial charge in [-0.15, -0.1) is 0 Å². The minimum absolute atomic E-state index is 0.144. The zero-order valence-electron chi connectivity index (χ0n) is 16.1. The average Bonchev–Trinajstić information content (AvgIpc) is 3.35. The smallest absolute Gasteiger partial charge is 0.413 e. The lowest BCUT2D eigenvalue weighted by Gasteiger charge is -2.21. The Balaban J connectivity index is 1.40. The number of nitrogens with two attached hydrogens (primary N) is 1. The number of benzene rings is 1. The van der Waals surface area contributed by atoms with Gasteiger partial charge >= 0.3 is 7.75 Å². The van der Waals surface area contributed by atoms with E-state index in [1.165, 1.54) is 6.33 Å². The minimum Gasteiger partial charge on any atom is -0.413 e. The third kappa shape index (κ3) is 4.43. The van der Waals surface area contributed by atoms with Crippen LogP contribution in [0.4, 0.5) is 5.82 Å². The van der Waals surface area contributed by atoms with Crippen LogP contribution in [-0.4, -0.2) is 33.9 Å². The molecule has 3 atom stereocenters. The van der Waals surface area contributed by atoms with Crippen molar-refractivity contribution in [2.45, 2.75) is 32.0 Å². The molecular formula is C19H24N5O4P. The van der Waals surface area contributed by atoms with Crippen LogP contribution >= 0.6 is 7.75 Å². The van der Waals surface area contributed by atoms with Crippen LogP contribution in [0.5, 0.6) is 5.75 Å². The molecule has 9 nitrogen and oxygen atoms in total. The van der Waals surface area contributed by atoms with Crippen molar-refractivity contribution in [1.82, 2.24) is 19.7 Å². The second kappa shape index (κ2) is 8.51. The van der Waals surface area contributed by atoms with E-state index < -0.39 is 7.75 Å². The predicted molar refractivity (Wildman–Crippen MR) is 109 cm³/mol. The van der Waals surface area contributed by atoms with Crippen LogP contribution in [0.1, 0.15) is 31.6 Å². The van der Waals surface area contributed by atoms with E-state index in [0.29, 0.717) is 18.1 Å². The number of hydrogen-bond acceptors (Lipinski definition) is 7. The Morgan fingerprint density at radius 3 is 2.90 bits per heavy atom. The fraction of sp³-hybridized carbons (Fsp3) is 0.368. The number of nitrogens with one attached hydrogen (secondary N) is 1. The Labute approximate surface area is 168 Å². The molecule has 1 fully saturated rings. The summed E-state index contributed by atoms with van der Waals surface area (Å²) < 4.78 is 32.2. The highest BCUT2D eigenvalue weighted by Gasteiger charge is 2.33. The Morgan fingerprint density at radius 1 is 1.28 bits per heavy atom. The summed E-state index contributed by atoms with van der Waals surface area (Å²) in [4.78, 5) is 4.00. The van der Waals surface area contributed by atoms with Crippen LogP contribution in [0.3, 0.4) is 0 Å². The van der Waals surface area contributed by atoms with E-state index in [0.717, 1.165) is 24.1 Å². The van der Waals surface area contributed by atoms with Crippen molar-refractivity contribution in [3.05, 3.63) is 54.5 Å². The second-order valence-corrected chi connectivity index (χ2v) is 8.49. The fourth-order valence-electron chi connectivity index (χ4n) is 3.36. The maximum Gasteiger partial charge on any atom is 0.458 e. The van der Waals surface area contributed by atoms with Gasteiger partial charge in [0.2, 0.25) is 0 Å². The number of rotatable bonds is 8. The molecule has 1 aliphatic heterocycles. The van der Waals surface area contributed by atoms with E-state index in [9.17, 15) is 4.57 Å². The number of fused-ring (bicyclic) bond motifs is 1. The molecule has 1 saturated heterocycles. The molecule has 3 aromatic rings. The van der Waals surface area contributed by atoms with Crippen LogP contribution in [0.2, 0.25) is 0 Å². The second-order valence-electron chi connectivity index (χ2n) is 6.73. The zero-order chi connectivity index (χ0) is 20.3. The van der Waals surface area contributed by atoms with Crippen molar-refractivity contribution in [2.75, 3.05) is 18.9 Å². The minimum atomic E-state index is -3.49. The molecule has 154 valence electrons. The third-order valence-electron chi connectivity index (χ3n) is 4.70. The van der Waals surface area contributed by atoms with Crippen LogP contribution in [0, 0.1) is 0 Å². The number of anilines is 1. The summed E-state index contributed by atoms with van der Waals surface area (Å²) in [6.07, 6.45) is 2.66. The summed E-state index contributed by atoms with van der Waals surface area (Å²) in [6.45, 7) is 2.46. The van der Waals surface area contributed by atoms with Crippen molar-refractivity contribution in [3.63, 3.8) is 0 Å². The first kappa shape index (κ1) is 19.8. The topological polar surface area (TPSA) is 113 Å². The largest absolute Gasteiger partial charge is 0.458 e. The molecule has 0 amide bonds. The summed E-state index contributed by atoms with van der Waals surface area (Å²) >= 11 is 0. The van der Waals surface area contributed by atoms with Gasteiger partial charge < -0.3 is 15.0 Å². The highest BCUT2D eigenvalue weighted by atomic mass is 31.2. The number of nitrogens with zero attached hydrogens (tertiary/aromatic N) is 3. The van der Waals surface area contributed by atoms with Crippen LogP contribution in [0.25, 0.3) is 5.52 Å². The number of aromatic nitrogens is 3. The van der Waals surface area contributed by atoms with Crippen molar-refractivity contribution >= 4 is 19.1 Å². The molecule has 0 radical (unpaired) electrons. The zero-order valence-corrected chi connectivity index (χ0v) is 17.0. The van der Waals surface area contributed by atoms with Gasteiger partial charge in [0.25, 0.3) is 0 Å². The first-order valence-electron chi connectivity index (χ1n) is 9.56. The molecule has 1 aliphatic rings. The average molecular weight is 417 g/mol. The van der Waals surface area contributed by atoms with Crippen LogP contribution < -0.4 is 15.3 Å². The number of para-hydroxylation sites is 1. The lowest BCUT2D eigenvalue weighted by atomic mass is 10.1. The van der Waals surface area contributed by atoms with Gasteiger partial charge in [-0.2, -0.15) is 5.10 Å².